The first-order valence-corrected chi connectivity index (χ1v) is 7.69. The van der Waals surface area contributed by atoms with Gasteiger partial charge in [-0.15, -0.1) is 0 Å². The predicted molar refractivity (Wildman–Crippen MR) is 92.5 cm³/mol. The number of anilines is 1. The number of halogens is 1. The number of ether oxygens (including phenoxy) is 1. The van der Waals surface area contributed by atoms with Crippen molar-refractivity contribution in [3.8, 4) is 0 Å². The number of fused-ring (bicyclic) bond motifs is 1. The monoisotopic (exact) mass is 328 g/mol. The minimum atomic E-state index is -0.0981. The van der Waals surface area contributed by atoms with E-state index in [1.165, 1.54) is 0 Å². The Morgan fingerprint density at radius 1 is 1.22 bits per heavy atom. The first-order valence-electron chi connectivity index (χ1n) is 7.31. The molecule has 2 aromatic carbocycles. The summed E-state index contributed by atoms with van der Waals surface area (Å²) in [5, 5.41) is 0.608. The molecular formula is C18H17ClN2O2. The molecule has 0 unspecified atom stereocenters. The zero-order valence-electron chi connectivity index (χ0n) is 13.0. The SMILES string of the molecule is COCN1C(=O)CN=C(c2ccccc2C)c2cc(Cl)ccc21. The Balaban J connectivity index is 2.22. The van der Waals surface area contributed by atoms with Crippen LogP contribution in [0.4, 0.5) is 5.69 Å². The molecule has 0 atom stereocenters. The van der Waals surface area contributed by atoms with Gasteiger partial charge in [0.1, 0.15) is 13.3 Å². The molecule has 0 saturated heterocycles. The number of aliphatic imine (C=N–C) groups is 1. The third-order valence-electron chi connectivity index (χ3n) is 3.84. The van der Waals surface area contributed by atoms with Gasteiger partial charge < -0.3 is 4.74 Å². The molecule has 0 bridgehead atoms. The zero-order valence-corrected chi connectivity index (χ0v) is 13.8. The van der Waals surface area contributed by atoms with Gasteiger partial charge in [-0.2, -0.15) is 0 Å². The molecule has 23 heavy (non-hydrogen) atoms. The second kappa shape index (κ2) is 6.52. The van der Waals surface area contributed by atoms with Crippen molar-refractivity contribution in [3.05, 3.63) is 64.2 Å². The lowest BCUT2D eigenvalue weighted by Gasteiger charge is -2.22. The Morgan fingerprint density at radius 2 is 2.00 bits per heavy atom. The maximum atomic E-state index is 12.4. The molecule has 1 amide bonds. The minimum Gasteiger partial charge on any atom is -0.364 e. The third-order valence-corrected chi connectivity index (χ3v) is 4.07. The summed E-state index contributed by atoms with van der Waals surface area (Å²) in [6.45, 7) is 2.30. The second-order valence-electron chi connectivity index (χ2n) is 5.38. The molecule has 0 aromatic heterocycles. The zero-order chi connectivity index (χ0) is 16.4. The number of rotatable bonds is 3. The first-order chi connectivity index (χ1) is 11.1. The Bertz CT molecular complexity index is 786. The van der Waals surface area contributed by atoms with E-state index in [-0.39, 0.29) is 19.2 Å². The quantitative estimate of drug-likeness (QED) is 0.866. The maximum absolute atomic E-state index is 12.4. The molecule has 0 aliphatic carbocycles. The summed E-state index contributed by atoms with van der Waals surface area (Å²) >= 11 is 6.19. The number of benzodiazepines with no additional fused rings is 1. The average molecular weight is 329 g/mol. The molecule has 2 aromatic rings. The van der Waals surface area contributed by atoms with Crippen LogP contribution in [0.5, 0.6) is 0 Å². The Kier molecular flexibility index (Phi) is 4.46. The predicted octanol–water partition coefficient (Wildman–Crippen LogP) is 3.44. The van der Waals surface area contributed by atoms with Gasteiger partial charge in [-0.3, -0.25) is 14.7 Å². The Morgan fingerprint density at radius 3 is 2.74 bits per heavy atom. The summed E-state index contributed by atoms with van der Waals surface area (Å²) in [6.07, 6.45) is 0. The summed E-state index contributed by atoms with van der Waals surface area (Å²) in [4.78, 5) is 18.6. The van der Waals surface area contributed by atoms with Crippen molar-refractivity contribution in [2.24, 2.45) is 4.99 Å². The molecule has 1 heterocycles. The smallest absolute Gasteiger partial charge is 0.250 e. The van der Waals surface area contributed by atoms with Crippen molar-refractivity contribution >= 4 is 28.9 Å². The van der Waals surface area contributed by atoms with E-state index in [0.29, 0.717) is 5.02 Å². The van der Waals surface area contributed by atoms with Crippen LogP contribution in [0.1, 0.15) is 16.7 Å². The lowest BCUT2D eigenvalue weighted by atomic mass is 9.97. The van der Waals surface area contributed by atoms with Gasteiger partial charge in [0.2, 0.25) is 0 Å². The van der Waals surface area contributed by atoms with Crippen molar-refractivity contribution in [1.29, 1.82) is 0 Å². The number of hydrogen-bond donors (Lipinski definition) is 0. The lowest BCUT2D eigenvalue weighted by Crippen LogP contribution is -2.34. The maximum Gasteiger partial charge on any atom is 0.250 e. The number of aryl methyl sites for hydroxylation is 1. The molecule has 1 aliphatic heterocycles. The highest BCUT2D eigenvalue weighted by atomic mass is 35.5. The topological polar surface area (TPSA) is 41.9 Å². The molecule has 0 saturated carbocycles. The highest BCUT2D eigenvalue weighted by Gasteiger charge is 2.25. The summed E-state index contributed by atoms with van der Waals surface area (Å²) < 4.78 is 5.18. The Labute approximate surface area is 140 Å². The lowest BCUT2D eigenvalue weighted by molar-refractivity contribution is -0.118. The molecule has 5 heteroatoms. The Hall–Kier alpha value is -2.17. The van der Waals surface area contributed by atoms with Crippen molar-refractivity contribution in [1.82, 2.24) is 0 Å². The van der Waals surface area contributed by atoms with Gasteiger partial charge in [0.05, 0.1) is 11.4 Å². The molecule has 118 valence electrons. The van der Waals surface area contributed by atoms with Gasteiger partial charge in [0.15, 0.2) is 0 Å². The summed E-state index contributed by atoms with van der Waals surface area (Å²) in [7, 11) is 1.57. The molecule has 4 nitrogen and oxygen atoms in total. The molecule has 0 fully saturated rings. The molecule has 0 N–H and O–H groups in total. The van der Waals surface area contributed by atoms with Crippen LogP contribution in [-0.2, 0) is 9.53 Å². The van der Waals surface area contributed by atoms with Gasteiger partial charge in [-0.05, 0) is 30.7 Å². The van der Waals surface area contributed by atoms with E-state index in [0.717, 1.165) is 28.1 Å². The van der Waals surface area contributed by atoms with Crippen LogP contribution in [0.3, 0.4) is 0 Å². The number of benzene rings is 2. The van der Waals surface area contributed by atoms with Crippen LogP contribution >= 0.6 is 11.6 Å². The van der Waals surface area contributed by atoms with E-state index in [1.807, 2.05) is 43.3 Å². The fourth-order valence-electron chi connectivity index (χ4n) is 2.72. The van der Waals surface area contributed by atoms with Gasteiger partial charge in [0.25, 0.3) is 5.91 Å². The number of hydrogen-bond acceptors (Lipinski definition) is 3. The number of amides is 1. The van der Waals surface area contributed by atoms with Crippen LogP contribution in [0, 0.1) is 6.92 Å². The van der Waals surface area contributed by atoms with Crippen molar-refractivity contribution in [3.63, 3.8) is 0 Å². The van der Waals surface area contributed by atoms with E-state index in [1.54, 1.807) is 18.1 Å². The van der Waals surface area contributed by atoms with E-state index >= 15 is 0 Å². The molecular weight excluding hydrogens is 312 g/mol. The minimum absolute atomic E-state index is 0.0827. The van der Waals surface area contributed by atoms with Gasteiger partial charge in [-0.1, -0.05) is 35.9 Å². The highest BCUT2D eigenvalue weighted by Crippen LogP contribution is 2.30. The van der Waals surface area contributed by atoms with Crippen molar-refractivity contribution in [2.75, 3.05) is 25.3 Å². The molecule has 0 radical (unpaired) electrons. The van der Waals surface area contributed by atoms with Crippen molar-refractivity contribution < 1.29 is 9.53 Å². The number of nitrogens with zero attached hydrogens (tertiary/aromatic N) is 2. The van der Waals surface area contributed by atoms with E-state index < -0.39 is 0 Å². The van der Waals surface area contributed by atoms with E-state index in [2.05, 4.69) is 4.99 Å². The van der Waals surface area contributed by atoms with Gasteiger partial charge >= 0.3 is 0 Å². The summed E-state index contributed by atoms with van der Waals surface area (Å²) in [6, 6.07) is 13.5. The normalized spacial score (nSPS) is 14.3. The largest absolute Gasteiger partial charge is 0.364 e. The molecule has 0 spiro atoms. The number of carbonyl (C=O) groups excluding carboxylic acids is 1. The van der Waals surface area contributed by atoms with Crippen LogP contribution in [0.25, 0.3) is 0 Å². The van der Waals surface area contributed by atoms with Crippen LogP contribution < -0.4 is 4.90 Å². The molecule has 3 rings (SSSR count). The average Bonchev–Trinajstić information content (AvgIpc) is 2.66. The van der Waals surface area contributed by atoms with E-state index in [9.17, 15) is 4.79 Å². The summed E-state index contributed by atoms with van der Waals surface area (Å²) in [5.74, 6) is -0.0981. The number of carbonyl (C=O) groups is 1. The van der Waals surface area contributed by atoms with Gasteiger partial charge in [0, 0.05) is 23.3 Å². The standard InChI is InChI=1S/C18H17ClN2O2/c1-12-5-3-4-6-14(12)18-15-9-13(19)7-8-16(15)21(11-23-2)17(22)10-20-18/h3-9H,10-11H2,1-2H3. The van der Waals surface area contributed by atoms with E-state index in [4.69, 9.17) is 16.3 Å². The van der Waals surface area contributed by atoms with Crippen molar-refractivity contribution in [2.45, 2.75) is 6.92 Å². The summed E-state index contributed by atoms with van der Waals surface area (Å²) in [5.41, 5.74) is 4.50. The van der Waals surface area contributed by atoms with Gasteiger partial charge in [-0.25, -0.2) is 0 Å². The van der Waals surface area contributed by atoms with Crippen LogP contribution in [0.15, 0.2) is 47.5 Å². The molecule has 1 aliphatic rings. The number of methoxy groups -OCH3 is 1. The fraction of sp³-hybridized carbons (Fsp3) is 0.222. The van der Waals surface area contributed by atoms with Crippen LogP contribution in [-0.4, -0.2) is 32.0 Å². The van der Waals surface area contributed by atoms with Crippen LogP contribution in [0.2, 0.25) is 5.02 Å². The first kappa shape index (κ1) is 15.7. The third kappa shape index (κ3) is 3.00. The fourth-order valence-corrected chi connectivity index (χ4v) is 2.90. The second-order valence-corrected chi connectivity index (χ2v) is 5.82. The highest BCUT2D eigenvalue weighted by molar-refractivity contribution is 6.32.